The van der Waals surface area contributed by atoms with Crippen LogP contribution in [0.15, 0.2) is 17.0 Å². The van der Waals surface area contributed by atoms with Gasteiger partial charge in [0.25, 0.3) is 5.91 Å². The van der Waals surface area contributed by atoms with Crippen molar-refractivity contribution in [2.24, 2.45) is 0 Å². The molecule has 2 heterocycles. The number of urea groups is 1. The highest BCUT2D eigenvalue weighted by atomic mass is 32.2. The van der Waals surface area contributed by atoms with Gasteiger partial charge in [0.15, 0.2) is 0 Å². The Balaban J connectivity index is 1.34. The lowest BCUT2D eigenvalue weighted by Gasteiger charge is -2.35. The standard InChI is InChI=1S/C24H34N4O5S/c1-17-15-18(2)21(19(3)16-17)34(32,33)27-13-11-26(12-14-27)20(29)7-10-28-22(30)24(25-23(28)31)8-5-4-6-9-24/h15-16H,4-14H2,1-3H3,(H,25,31). The zero-order chi connectivity index (χ0) is 24.7. The minimum atomic E-state index is -3.66. The maximum atomic E-state index is 13.3. The van der Waals surface area contributed by atoms with Crippen LogP contribution in [0, 0.1) is 20.8 Å². The van der Waals surface area contributed by atoms with E-state index >= 15 is 0 Å². The lowest BCUT2D eigenvalue weighted by molar-refractivity contribution is -0.135. The van der Waals surface area contributed by atoms with Crippen molar-refractivity contribution in [1.82, 2.24) is 19.4 Å². The molecule has 186 valence electrons. The van der Waals surface area contributed by atoms with Crippen molar-refractivity contribution in [3.05, 3.63) is 28.8 Å². The molecule has 1 aromatic rings. The van der Waals surface area contributed by atoms with Gasteiger partial charge in [-0.05, 0) is 44.7 Å². The van der Waals surface area contributed by atoms with Crippen molar-refractivity contribution in [2.45, 2.75) is 69.7 Å². The molecule has 0 aromatic heterocycles. The van der Waals surface area contributed by atoms with Crippen LogP contribution < -0.4 is 5.32 Å². The number of sulfonamides is 1. The molecule has 9 nitrogen and oxygen atoms in total. The maximum Gasteiger partial charge on any atom is 0.325 e. The van der Waals surface area contributed by atoms with Gasteiger partial charge in [-0.25, -0.2) is 13.2 Å². The van der Waals surface area contributed by atoms with Crippen molar-refractivity contribution in [3.63, 3.8) is 0 Å². The minimum Gasteiger partial charge on any atom is -0.340 e. The molecule has 2 saturated heterocycles. The molecule has 34 heavy (non-hydrogen) atoms. The smallest absolute Gasteiger partial charge is 0.325 e. The Hall–Kier alpha value is -2.46. The number of carbonyl (C=O) groups is 3. The fourth-order valence-electron chi connectivity index (χ4n) is 5.62. The van der Waals surface area contributed by atoms with Crippen molar-refractivity contribution < 1.29 is 22.8 Å². The number of aryl methyl sites for hydroxylation is 3. The average molecular weight is 491 g/mol. The second kappa shape index (κ2) is 9.30. The Labute approximate surface area is 201 Å². The summed E-state index contributed by atoms with van der Waals surface area (Å²) in [5.74, 6) is -0.394. The normalized spacial score (nSPS) is 21.3. The topological polar surface area (TPSA) is 107 Å². The molecule has 1 saturated carbocycles. The summed E-state index contributed by atoms with van der Waals surface area (Å²) in [7, 11) is -3.66. The summed E-state index contributed by atoms with van der Waals surface area (Å²) in [4.78, 5) is 41.2. The van der Waals surface area contributed by atoms with Gasteiger partial charge in [0.05, 0.1) is 4.90 Å². The molecule has 3 aliphatic rings. The van der Waals surface area contributed by atoms with E-state index in [9.17, 15) is 22.8 Å². The fraction of sp³-hybridized carbons (Fsp3) is 0.625. The molecule has 4 rings (SSSR count). The number of hydrogen-bond donors (Lipinski definition) is 1. The zero-order valence-corrected chi connectivity index (χ0v) is 21.0. The molecular weight excluding hydrogens is 456 g/mol. The molecular formula is C24H34N4O5S. The summed E-state index contributed by atoms with van der Waals surface area (Å²) in [5, 5.41) is 2.86. The SMILES string of the molecule is Cc1cc(C)c(S(=O)(=O)N2CCN(C(=O)CCN3C(=O)NC4(CCCCC4)C3=O)CC2)c(C)c1. The largest absolute Gasteiger partial charge is 0.340 e. The van der Waals surface area contributed by atoms with E-state index in [0.29, 0.717) is 17.7 Å². The number of piperazine rings is 1. The van der Waals surface area contributed by atoms with Gasteiger partial charge in [0, 0.05) is 39.1 Å². The van der Waals surface area contributed by atoms with E-state index in [1.54, 1.807) is 18.7 Å². The Morgan fingerprint density at radius 2 is 1.56 bits per heavy atom. The Bertz CT molecular complexity index is 1080. The Morgan fingerprint density at radius 1 is 0.971 bits per heavy atom. The molecule has 2 aliphatic heterocycles. The first-order chi connectivity index (χ1) is 16.0. The summed E-state index contributed by atoms with van der Waals surface area (Å²) >= 11 is 0. The van der Waals surface area contributed by atoms with Crippen LogP contribution in [0.25, 0.3) is 0 Å². The number of hydrogen-bond acceptors (Lipinski definition) is 5. The van der Waals surface area contributed by atoms with Crippen LogP contribution in [0.3, 0.4) is 0 Å². The first kappa shape index (κ1) is 24.7. The van der Waals surface area contributed by atoms with E-state index in [0.717, 1.165) is 36.0 Å². The summed E-state index contributed by atoms with van der Waals surface area (Å²) in [6.45, 7) is 6.60. The number of nitrogens with zero attached hydrogens (tertiary/aromatic N) is 3. The number of rotatable bonds is 5. The van der Waals surface area contributed by atoms with E-state index in [4.69, 9.17) is 0 Å². The fourth-order valence-corrected chi connectivity index (χ4v) is 7.45. The third-order valence-corrected chi connectivity index (χ3v) is 9.50. The van der Waals surface area contributed by atoms with Crippen molar-refractivity contribution in [3.8, 4) is 0 Å². The number of imide groups is 1. The monoisotopic (exact) mass is 490 g/mol. The molecule has 1 N–H and O–H groups in total. The molecule has 10 heteroatoms. The minimum absolute atomic E-state index is 0.0398. The first-order valence-corrected chi connectivity index (χ1v) is 13.5. The molecule has 0 unspecified atom stereocenters. The molecule has 0 bridgehead atoms. The average Bonchev–Trinajstić information content (AvgIpc) is 3.00. The van der Waals surface area contributed by atoms with Crippen molar-refractivity contribution in [2.75, 3.05) is 32.7 Å². The first-order valence-electron chi connectivity index (χ1n) is 12.0. The molecule has 0 atom stereocenters. The Morgan fingerprint density at radius 3 is 2.15 bits per heavy atom. The van der Waals surface area contributed by atoms with E-state index < -0.39 is 21.6 Å². The zero-order valence-electron chi connectivity index (χ0n) is 20.2. The van der Waals surface area contributed by atoms with Gasteiger partial charge in [-0.3, -0.25) is 14.5 Å². The second-order valence-corrected chi connectivity index (χ2v) is 11.7. The van der Waals surface area contributed by atoms with Crippen molar-refractivity contribution >= 4 is 27.9 Å². The van der Waals surface area contributed by atoms with E-state index in [1.807, 2.05) is 19.1 Å². The highest BCUT2D eigenvalue weighted by Crippen LogP contribution is 2.33. The lowest BCUT2D eigenvalue weighted by Crippen LogP contribution is -2.51. The molecule has 0 radical (unpaired) electrons. The van der Waals surface area contributed by atoms with Gasteiger partial charge in [-0.1, -0.05) is 37.0 Å². The summed E-state index contributed by atoms with van der Waals surface area (Å²) < 4.78 is 28.0. The maximum absolute atomic E-state index is 13.3. The third kappa shape index (κ3) is 4.45. The van der Waals surface area contributed by atoms with Crippen LogP contribution in [0.5, 0.6) is 0 Å². The van der Waals surface area contributed by atoms with Gasteiger partial charge in [-0.2, -0.15) is 4.31 Å². The second-order valence-electron chi connectivity index (χ2n) is 9.79. The molecule has 1 spiro atoms. The van der Waals surface area contributed by atoms with Gasteiger partial charge in [-0.15, -0.1) is 0 Å². The predicted molar refractivity (Wildman–Crippen MR) is 127 cm³/mol. The van der Waals surface area contributed by atoms with E-state index in [2.05, 4.69) is 5.32 Å². The summed E-state index contributed by atoms with van der Waals surface area (Å²) in [5.41, 5.74) is 1.68. The highest BCUT2D eigenvalue weighted by molar-refractivity contribution is 7.89. The van der Waals surface area contributed by atoms with Crippen LogP contribution in [0.4, 0.5) is 4.79 Å². The number of benzene rings is 1. The quantitative estimate of drug-likeness (QED) is 0.636. The van der Waals surface area contributed by atoms with Gasteiger partial charge < -0.3 is 10.2 Å². The van der Waals surface area contributed by atoms with Gasteiger partial charge in [0.2, 0.25) is 15.9 Å². The summed E-state index contributed by atoms with van der Waals surface area (Å²) in [6, 6.07) is 3.32. The van der Waals surface area contributed by atoms with Gasteiger partial charge >= 0.3 is 6.03 Å². The van der Waals surface area contributed by atoms with E-state index in [1.165, 1.54) is 9.21 Å². The molecule has 1 aromatic carbocycles. The van der Waals surface area contributed by atoms with Gasteiger partial charge in [0.1, 0.15) is 5.54 Å². The molecule has 3 fully saturated rings. The number of carbonyl (C=O) groups excluding carboxylic acids is 3. The van der Waals surface area contributed by atoms with Crippen LogP contribution in [0.1, 0.15) is 55.2 Å². The predicted octanol–water partition coefficient (Wildman–Crippen LogP) is 2.09. The lowest BCUT2D eigenvalue weighted by atomic mass is 9.82. The van der Waals surface area contributed by atoms with Crippen molar-refractivity contribution in [1.29, 1.82) is 0 Å². The Kier molecular flexibility index (Phi) is 6.74. The van der Waals surface area contributed by atoms with E-state index in [-0.39, 0.29) is 51.0 Å². The van der Waals surface area contributed by atoms with Crippen LogP contribution in [0.2, 0.25) is 0 Å². The number of amides is 4. The molecule has 1 aliphatic carbocycles. The van der Waals surface area contributed by atoms with Crippen LogP contribution in [-0.2, 0) is 19.6 Å². The number of nitrogens with one attached hydrogen (secondary N) is 1. The summed E-state index contributed by atoms with van der Waals surface area (Å²) in [6.07, 6.45) is 4.23. The third-order valence-electron chi connectivity index (χ3n) is 7.30. The highest BCUT2D eigenvalue weighted by Gasteiger charge is 2.51. The molecule has 4 amide bonds. The van der Waals surface area contributed by atoms with Crippen LogP contribution >= 0.6 is 0 Å². The van der Waals surface area contributed by atoms with Crippen LogP contribution in [-0.4, -0.2) is 78.6 Å².